The van der Waals surface area contributed by atoms with Crippen molar-refractivity contribution in [1.29, 1.82) is 0 Å². The van der Waals surface area contributed by atoms with E-state index in [0.29, 0.717) is 30.2 Å². The first-order chi connectivity index (χ1) is 12.8. The lowest BCUT2D eigenvalue weighted by atomic mass is 10.0. The minimum atomic E-state index is -0.115. The Labute approximate surface area is 151 Å². The lowest BCUT2D eigenvalue weighted by Crippen LogP contribution is -2.48. The lowest BCUT2D eigenvalue weighted by molar-refractivity contribution is 0.0625. The first-order valence-corrected chi connectivity index (χ1v) is 8.52. The second-order valence-electron chi connectivity index (χ2n) is 6.10. The van der Waals surface area contributed by atoms with Gasteiger partial charge in [-0.2, -0.15) is 5.10 Å². The smallest absolute Gasteiger partial charge is 0.274 e. The van der Waals surface area contributed by atoms with Gasteiger partial charge in [0.1, 0.15) is 11.4 Å². The normalized spacial score (nSPS) is 17.3. The number of nitrogens with zero attached hydrogens (tertiary/aromatic N) is 2. The van der Waals surface area contributed by atoms with Gasteiger partial charge in [0.25, 0.3) is 5.91 Å². The Bertz CT molecular complexity index is 888. The van der Waals surface area contributed by atoms with Crippen LogP contribution in [0.3, 0.4) is 0 Å². The number of ether oxygens (including phenoxy) is 1. The van der Waals surface area contributed by atoms with E-state index >= 15 is 0 Å². The first-order valence-electron chi connectivity index (χ1n) is 8.52. The van der Waals surface area contributed by atoms with Crippen LogP contribution >= 0.6 is 0 Å². The van der Waals surface area contributed by atoms with Crippen LogP contribution in [0.5, 0.6) is 5.75 Å². The summed E-state index contributed by atoms with van der Waals surface area (Å²) in [5.41, 5.74) is 2.04. The van der Waals surface area contributed by atoms with Gasteiger partial charge in [-0.15, -0.1) is 0 Å². The van der Waals surface area contributed by atoms with Gasteiger partial charge in [-0.1, -0.05) is 18.2 Å². The number of amides is 1. The van der Waals surface area contributed by atoms with Crippen LogP contribution < -0.4 is 10.1 Å². The molecule has 134 valence electrons. The molecule has 0 spiro atoms. The van der Waals surface area contributed by atoms with E-state index in [1.165, 1.54) is 0 Å². The van der Waals surface area contributed by atoms with Crippen molar-refractivity contribution in [1.82, 2.24) is 20.4 Å². The van der Waals surface area contributed by atoms with Crippen LogP contribution in [0.1, 0.15) is 22.1 Å². The Morgan fingerprint density at radius 1 is 1.31 bits per heavy atom. The molecule has 7 nitrogen and oxygen atoms in total. The van der Waals surface area contributed by atoms with E-state index in [4.69, 9.17) is 9.15 Å². The fraction of sp³-hybridized carbons (Fsp3) is 0.263. The quantitative estimate of drug-likeness (QED) is 0.754. The molecule has 7 heteroatoms. The van der Waals surface area contributed by atoms with Gasteiger partial charge in [0.2, 0.25) is 0 Å². The SMILES string of the molecule is COc1ccccc1C1CNCCN1C(=O)c1cc(-c2ccco2)[nH]n1. The van der Waals surface area contributed by atoms with Crippen molar-refractivity contribution in [3.63, 3.8) is 0 Å². The second kappa shape index (κ2) is 7.05. The molecule has 26 heavy (non-hydrogen) atoms. The molecule has 2 N–H and O–H groups in total. The zero-order valence-electron chi connectivity index (χ0n) is 14.4. The molecule has 0 radical (unpaired) electrons. The van der Waals surface area contributed by atoms with E-state index in [9.17, 15) is 4.79 Å². The zero-order valence-corrected chi connectivity index (χ0v) is 14.4. The molecule has 1 aromatic carbocycles. The Balaban J connectivity index is 1.63. The van der Waals surface area contributed by atoms with Gasteiger partial charge in [0, 0.05) is 31.3 Å². The molecule has 1 fully saturated rings. The highest BCUT2D eigenvalue weighted by Crippen LogP contribution is 2.31. The summed E-state index contributed by atoms with van der Waals surface area (Å²) in [5.74, 6) is 1.31. The summed E-state index contributed by atoms with van der Waals surface area (Å²) >= 11 is 0. The largest absolute Gasteiger partial charge is 0.496 e. The van der Waals surface area contributed by atoms with Crippen LogP contribution in [0.2, 0.25) is 0 Å². The minimum absolute atomic E-state index is 0.114. The predicted molar refractivity (Wildman–Crippen MR) is 95.9 cm³/mol. The molecule has 0 bridgehead atoms. The molecule has 1 atom stereocenters. The van der Waals surface area contributed by atoms with Crippen molar-refractivity contribution in [2.75, 3.05) is 26.7 Å². The third-order valence-corrected chi connectivity index (χ3v) is 4.59. The number of furan rings is 1. The number of aromatic amines is 1. The molecule has 0 aliphatic carbocycles. The highest BCUT2D eigenvalue weighted by Gasteiger charge is 2.31. The maximum Gasteiger partial charge on any atom is 0.274 e. The highest BCUT2D eigenvalue weighted by atomic mass is 16.5. The number of piperazine rings is 1. The number of rotatable bonds is 4. The van der Waals surface area contributed by atoms with Crippen LogP contribution in [-0.2, 0) is 0 Å². The van der Waals surface area contributed by atoms with Crippen molar-refractivity contribution in [2.24, 2.45) is 0 Å². The number of H-pyrrole nitrogens is 1. The fourth-order valence-electron chi connectivity index (χ4n) is 3.30. The average molecular weight is 352 g/mol. The Morgan fingerprint density at radius 2 is 2.19 bits per heavy atom. The van der Waals surface area contributed by atoms with Crippen molar-refractivity contribution < 1.29 is 13.9 Å². The van der Waals surface area contributed by atoms with Crippen LogP contribution in [0.4, 0.5) is 0 Å². The van der Waals surface area contributed by atoms with Crippen LogP contribution in [0.15, 0.2) is 53.1 Å². The number of carbonyl (C=O) groups excluding carboxylic acids is 1. The maximum absolute atomic E-state index is 13.1. The molecule has 4 rings (SSSR count). The molecule has 3 heterocycles. The summed E-state index contributed by atoms with van der Waals surface area (Å²) in [4.78, 5) is 15.0. The molecule has 1 amide bonds. The number of carbonyl (C=O) groups is 1. The third kappa shape index (κ3) is 2.97. The maximum atomic E-state index is 13.1. The van der Waals surface area contributed by atoms with Gasteiger partial charge in [0.05, 0.1) is 19.4 Å². The average Bonchev–Trinajstić information content (AvgIpc) is 3.39. The van der Waals surface area contributed by atoms with Crippen LogP contribution in [-0.4, -0.2) is 47.7 Å². The van der Waals surface area contributed by atoms with Gasteiger partial charge >= 0.3 is 0 Å². The molecule has 0 saturated carbocycles. The van der Waals surface area contributed by atoms with E-state index in [0.717, 1.165) is 17.9 Å². The number of para-hydroxylation sites is 1. The van der Waals surface area contributed by atoms with Gasteiger partial charge in [-0.25, -0.2) is 0 Å². The Hall–Kier alpha value is -3.06. The fourth-order valence-corrected chi connectivity index (χ4v) is 3.30. The number of methoxy groups -OCH3 is 1. The second-order valence-corrected chi connectivity index (χ2v) is 6.10. The van der Waals surface area contributed by atoms with Gasteiger partial charge in [-0.05, 0) is 18.2 Å². The van der Waals surface area contributed by atoms with E-state index in [1.807, 2.05) is 35.2 Å². The minimum Gasteiger partial charge on any atom is -0.496 e. The van der Waals surface area contributed by atoms with E-state index < -0.39 is 0 Å². The molecular formula is C19H20N4O3. The van der Waals surface area contributed by atoms with Crippen LogP contribution in [0, 0.1) is 0 Å². The van der Waals surface area contributed by atoms with E-state index in [1.54, 1.807) is 25.5 Å². The van der Waals surface area contributed by atoms with E-state index in [-0.39, 0.29) is 11.9 Å². The first kappa shape index (κ1) is 16.4. The molecule has 1 aliphatic rings. The Morgan fingerprint density at radius 3 is 3.00 bits per heavy atom. The Kier molecular flexibility index (Phi) is 4.45. The number of benzene rings is 1. The number of hydrogen-bond donors (Lipinski definition) is 2. The predicted octanol–water partition coefficient (Wildman–Crippen LogP) is 2.46. The van der Waals surface area contributed by atoms with Crippen molar-refractivity contribution in [3.8, 4) is 17.2 Å². The summed E-state index contributed by atoms with van der Waals surface area (Å²) in [5, 5.41) is 10.4. The number of hydrogen-bond acceptors (Lipinski definition) is 5. The standard InChI is InChI=1S/C19H20N4O3/c1-25-17-6-3-2-5-13(17)16-12-20-8-9-23(16)19(24)15-11-14(21-22-15)18-7-4-10-26-18/h2-7,10-11,16,20H,8-9,12H2,1H3,(H,21,22). The molecule has 1 saturated heterocycles. The molecular weight excluding hydrogens is 332 g/mol. The van der Waals surface area contributed by atoms with Crippen molar-refractivity contribution >= 4 is 5.91 Å². The zero-order chi connectivity index (χ0) is 17.9. The van der Waals surface area contributed by atoms with Crippen molar-refractivity contribution in [3.05, 3.63) is 60.0 Å². The molecule has 1 aliphatic heterocycles. The monoisotopic (exact) mass is 352 g/mol. The van der Waals surface area contributed by atoms with Crippen LogP contribution in [0.25, 0.3) is 11.5 Å². The van der Waals surface area contributed by atoms with Gasteiger partial charge in [0.15, 0.2) is 11.5 Å². The summed E-state index contributed by atoms with van der Waals surface area (Å²) in [7, 11) is 1.64. The van der Waals surface area contributed by atoms with Gasteiger partial charge in [-0.3, -0.25) is 9.89 Å². The van der Waals surface area contributed by atoms with Crippen molar-refractivity contribution in [2.45, 2.75) is 6.04 Å². The summed E-state index contributed by atoms with van der Waals surface area (Å²) in [6.07, 6.45) is 1.59. The van der Waals surface area contributed by atoms with E-state index in [2.05, 4.69) is 15.5 Å². The summed E-state index contributed by atoms with van der Waals surface area (Å²) < 4.78 is 10.8. The number of aromatic nitrogens is 2. The molecule has 2 aromatic heterocycles. The highest BCUT2D eigenvalue weighted by molar-refractivity contribution is 5.93. The summed E-state index contributed by atoms with van der Waals surface area (Å²) in [6, 6.07) is 13.0. The lowest BCUT2D eigenvalue weighted by Gasteiger charge is -2.36. The molecule has 1 unspecified atom stereocenters. The topological polar surface area (TPSA) is 83.4 Å². The summed E-state index contributed by atoms with van der Waals surface area (Å²) in [6.45, 7) is 2.01. The van der Waals surface area contributed by atoms with Gasteiger partial charge < -0.3 is 19.4 Å². The number of nitrogens with one attached hydrogen (secondary N) is 2. The molecule has 3 aromatic rings. The third-order valence-electron chi connectivity index (χ3n) is 4.59.